The minimum absolute atomic E-state index is 0.000692. The van der Waals surface area contributed by atoms with Gasteiger partial charge in [0, 0.05) is 11.6 Å². The Morgan fingerprint density at radius 2 is 1.95 bits per heavy atom. The number of carbonyl (C=O) groups excluding carboxylic acids is 2. The fourth-order valence-electron chi connectivity index (χ4n) is 2.91. The van der Waals surface area contributed by atoms with E-state index < -0.39 is 0 Å². The highest BCUT2D eigenvalue weighted by molar-refractivity contribution is 5.99. The molecule has 0 bridgehead atoms. The Morgan fingerprint density at radius 1 is 1.19 bits per heavy atom. The summed E-state index contributed by atoms with van der Waals surface area (Å²) in [7, 11) is 0. The molecular weight excluding hydrogens is 268 g/mol. The van der Waals surface area contributed by atoms with Gasteiger partial charge in [0.2, 0.25) is 0 Å². The van der Waals surface area contributed by atoms with Gasteiger partial charge in [-0.2, -0.15) is 0 Å². The monoisotopic (exact) mass is 288 g/mol. The third kappa shape index (κ3) is 3.35. The maximum atomic E-state index is 12.3. The first kappa shape index (κ1) is 13.9. The highest BCUT2D eigenvalue weighted by Crippen LogP contribution is 2.28. The second-order valence-electron chi connectivity index (χ2n) is 5.71. The number of nitrogens with one attached hydrogen (secondary N) is 2. The molecule has 0 aromatic heterocycles. The van der Waals surface area contributed by atoms with E-state index in [1.807, 2.05) is 0 Å². The summed E-state index contributed by atoms with van der Waals surface area (Å²) in [5, 5.41) is 5.83. The first-order chi connectivity index (χ1) is 10.2. The summed E-state index contributed by atoms with van der Waals surface area (Å²) in [5.74, 6) is 0.325. The largest absolute Gasteiger partial charge is 0.482 e. The molecule has 1 aromatic rings. The average Bonchev–Trinajstić information content (AvgIpc) is 2.75. The van der Waals surface area contributed by atoms with Crippen LogP contribution in [0.4, 0.5) is 5.69 Å². The molecule has 0 radical (unpaired) electrons. The van der Waals surface area contributed by atoms with Gasteiger partial charge < -0.3 is 15.4 Å². The lowest BCUT2D eigenvalue weighted by molar-refractivity contribution is -0.118. The minimum Gasteiger partial charge on any atom is -0.482 e. The number of carbonyl (C=O) groups is 2. The molecule has 5 nitrogen and oxygen atoms in total. The summed E-state index contributed by atoms with van der Waals surface area (Å²) >= 11 is 0. The molecule has 0 spiro atoms. The molecule has 2 amide bonds. The molecule has 1 aliphatic heterocycles. The molecule has 1 aliphatic carbocycles. The molecule has 112 valence electrons. The first-order valence-electron chi connectivity index (χ1n) is 7.60. The Bertz CT molecular complexity index is 548. The summed E-state index contributed by atoms with van der Waals surface area (Å²) in [6, 6.07) is 5.41. The topological polar surface area (TPSA) is 67.4 Å². The second kappa shape index (κ2) is 6.16. The zero-order chi connectivity index (χ0) is 14.7. The van der Waals surface area contributed by atoms with Gasteiger partial charge in [-0.15, -0.1) is 0 Å². The standard InChI is InChI=1S/C16H20N2O3/c19-15-10-21-14-9-11(7-8-13(14)18-15)16(20)17-12-5-3-1-2-4-6-12/h7-9,12H,1-6,10H2,(H,17,20)(H,18,19). The van der Waals surface area contributed by atoms with Crippen LogP contribution in [-0.2, 0) is 4.79 Å². The van der Waals surface area contributed by atoms with Crippen molar-refractivity contribution in [1.29, 1.82) is 0 Å². The summed E-state index contributed by atoms with van der Waals surface area (Å²) in [6.45, 7) is 0.000692. The normalized spacial score (nSPS) is 19.0. The zero-order valence-electron chi connectivity index (χ0n) is 12.0. The Morgan fingerprint density at radius 3 is 2.71 bits per heavy atom. The molecule has 0 unspecified atom stereocenters. The molecule has 2 N–H and O–H groups in total. The lowest BCUT2D eigenvalue weighted by Gasteiger charge is -2.20. The SMILES string of the molecule is O=C1COc2cc(C(=O)NC3CCCCCC3)ccc2N1. The molecule has 3 rings (SSSR count). The van der Waals surface area contributed by atoms with Crippen molar-refractivity contribution < 1.29 is 14.3 Å². The van der Waals surface area contributed by atoms with Gasteiger partial charge in [-0.05, 0) is 31.0 Å². The highest BCUT2D eigenvalue weighted by Gasteiger charge is 2.20. The van der Waals surface area contributed by atoms with E-state index in [0.29, 0.717) is 17.0 Å². The van der Waals surface area contributed by atoms with Crippen LogP contribution in [0.25, 0.3) is 0 Å². The Labute approximate surface area is 124 Å². The van der Waals surface area contributed by atoms with Crippen LogP contribution in [-0.4, -0.2) is 24.5 Å². The Balaban J connectivity index is 1.68. The molecular formula is C16H20N2O3. The third-order valence-corrected chi connectivity index (χ3v) is 4.07. The lowest BCUT2D eigenvalue weighted by Crippen LogP contribution is -2.34. The van der Waals surface area contributed by atoms with Gasteiger partial charge in [0.15, 0.2) is 6.61 Å². The van der Waals surface area contributed by atoms with E-state index in [1.165, 1.54) is 25.7 Å². The maximum absolute atomic E-state index is 12.3. The number of hydrogen-bond donors (Lipinski definition) is 2. The predicted molar refractivity (Wildman–Crippen MR) is 79.5 cm³/mol. The minimum atomic E-state index is -0.168. The maximum Gasteiger partial charge on any atom is 0.262 e. The molecule has 1 heterocycles. The van der Waals surface area contributed by atoms with Crippen molar-refractivity contribution >= 4 is 17.5 Å². The predicted octanol–water partition coefficient (Wildman–Crippen LogP) is 2.47. The van der Waals surface area contributed by atoms with Crippen molar-refractivity contribution in [2.24, 2.45) is 0 Å². The molecule has 5 heteroatoms. The highest BCUT2D eigenvalue weighted by atomic mass is 16.5. The molecule has 1 saturated carbocycles. The number of amides is 2. The van der Waals surface area contributed by atoms with E-state index >= 15 is 0 Å². The third-order valence-electron chi connectivity index (χ3n) is 4.07. The molecule has 2 aliphatic rings. The van der Waals surface area contributed by atoms with Crippen molar-refractivity contribution in [3.8, 4) is 5.75 Å². The molecule has 0 saturated heterocycles. The van der Waals surface area contributed by atoms with Crippen LogP contribution in [0.5, 0.6) is 5.75 Å². The number of rotatable bonds is 2. The van der Waals surface area contributed by atoms with Crippen molar-refractivity contribution in [2.75, 3.05) is 11.9 Å². The first-order valence-corrected chi connectivity index (χ1v) is 7.60. The summed E-state index contributed by atoms with van der Waals surface area (Å²) in [5.41, 5.74) is 1.20. The fraction of sp³-hybridized carbons (Fsp3) is 0.500. The van der Waals surface area contributed by atoms with E-state index in [9.17, 15) is 9.59 Å². The van der Waals surface area contributed by atoms with Crippen LogP contribution < -0.4 is 15.4 Å². The van der Waals surface area contributed by atoms with Crippen LogP contribution in [0.3, 0.4) is 0 Å². The molecule has 21 heavy (non-hydrogen) atoms. The molecule has 1 aromatic carbocycles. The molecule has 1 fully saturated rings. The molecule has 0 atom stereocenters. The van der Waals surface area contributed by atoms with Crippen molar-refractivity contribution in [1.82, 2.24) is 5.32 Å². The van der Waals surface area contributed by atoms with Gasteiger partial charge in [0.25, 0.3) is 11.8 Å². The van der Waals surface area contributed by atoms with Gasteiger partial charge in [-0.25, -0.2) is 0 Å². The summed E-state index contributed by atoms with van der Waals surface area (Å²) in [4.78, 5) is 23.5. The lowest BCUT2D eigenvalue weighted by atomic mass is 10.1. The van der Waals surface area contributed by atoms with Crippen LogP contribution in [0, 0.1) is 0 Å². The Kier molecular flexibility index (Phi) is 4.08. The van der Waals surface area contributed by atoms with Crippen LogP contribution in [0.2, 0.25) is 0 Å². The van der Waals surface area contributed by atoms with Gasteiger partial charge in [0.05, 0.1) is 5.69 Å². The smallest absolute Gasteiger partial charge is 0.262 e. The van der Waals surface area contributed by atoms with E-state index in [0.717, 1.165) is 12.8 Å². The quantitative estimate of drug-likeness (QED) is 0.821. The summed E-state index contributed by atoms with van der Waals surface area (Å²) < 4.78 is 5.34. The average molecular weight is 288 g/mol. The van der Waals surface area contributed by atoms with Gasteiger partial charge in [-0.1, -0.05) is 25.7 Å². The van der Waals surface area contributed by atoms with Gasteiger partial charge in [0.1, 0.15) is 5.75 Å². The number of fused-ring (bicyclic) bond motifs is 1. The zero-order valence-corrected chi connectivity index (χ0v) is 12.0. The van der Waals surface area contributed by atoms with E-state index in [4.69, 9.17) is 4.74 Å². The van der Waals surface area contributed by atoms with E-state index in [1.54, 1.807) is 18.2 Å². The van der Waals surface area contributed by atoms with Crippen LogP contribution >= 0.6 is 0 Å². The van der Waals surface area contributed by atoms with Gasteiger partial charge >= 0.3 is 0 Å². The van der Waals surface area contributed by atoms with Crippen LogP contribution in [0.15, 0.2) is 18.2 Å². The van der Waals surface area contributed by atoms with E-state index in [2.05, 4.69) is 10.6 Å². The fourth-order valence-corrected chi connectivity index (χ4v) is 2.91. The van der Waals surface area contributed by atoms with Crippen molar-refractivity contribution in [3.63, 3.8) is 0 Å². The van der Waals surface area contributed by atoms with E-state index in [-0.39, 0.29) is 24.5 Å². The number of benzene rings is 1. The second-order valence-corrected chi connectivity index (χ2v) is 5.71. The van der Waals surface area contributed by atoms with Crippen molar-refractivity contribution in [3.05, 3.63) is 23.8 Å². The van der Waals surface area contributed by atoms with Crippen molar-refractivity contribution in [2.45, 2.75) is 44.6 Å². The Hall–Kier alpha value is -2.04. The number of ether oxygens (including phenoxy) is 1. The number of anilines is 1. The number of hydrogen-bond acceptors (Lipinski definition) is 3. The van der Waals surface area contributed by atoms with Gasteiger partial charge in [-0.3, -0.25) is 9.59 Å². The van der Waals surface area contributed by atoms with Crippen LogP contribution in [0.1, 0.15) is 48.9 Å². The summed E-state index contributed by atoms with van der Waals surface area (Å²) in [6.07, 6.45) is 7.01.